The van der Waals surface area contributed by atoms with Crippen LogP contribution in [0.15, 0.2) is 291 Å². The average molecular weight is 2170 g/mol. The van der Waals surface area contributed by atoms with Gasteiger partial charge in [-0.05, 0) is 169 Å². The van der Waals surface area contributed by atoms with Crippen molar-refractivity contribution < 1.29 is 96.6 Å². The molecule has 21 nitrogen and oxygen atoms in total. The SMILES string of the molecule is CCc1cccc(CC(=O)Cc2scc(-c3ccc(Br)cc3)c2C(=O)O)c1.N#CC(Cc1ccccc1Cl)C(=O)Cc1scc(-c2ccc(Cl)cc2)c1C(=O)O.O=C(Cc1scc(OC(=O)c2cc3ccccc3o2)c1C(=O)O)OCc1ccccc1.O=C(O)c1c(-c2ccc(Cl)cc2)csc1CC(=O)[C@H](F)Cc1ccccc1Cl.[C-]#[N+]c1ccccc1CCC(=O)Cc1scc(-c2ccc(Cl)cc2)c1C(=O)O. The van der Waals surface area contributed by atoms with Gasteiger partial charge in [0.25, 0.3) is 0 Å². The Bertz CT molecular complexity index is 7410. The zero-order valence-corrected chi connectivity index (χ0v) is 84.8. The third kappa shape index (κ3) is 29.9. The number of alkyl halides is 1. The normalized spacial score (nSPS) is 11.1. The number of rotatable bonds is 35. The number of carboxylic acids is 5. The van der Waals surface area contributed by atoms with E-state index in [0.29, 0.717) is 113 Å². The van der Waals surface area contributed by atoms with E-state index in [9.17, 15) is 87.9 Å². The van der Waals surface area contributed by atoms with Gasteiger partial charge in [-0.3, -0.25) is 24.0 Å². The Hall–Kier alpha value is -14.0. The third-order valence-electron chi connectivity index (χ3n) is 22.0. The van der Waals surface area contributed by atoms with Crippen LogP contribution in [0.4, 0.5) is 10.1 Å². The third-order valence-corrected chi connectivity index (χ3v) is 28.9. The summed E-state index contributed by atoms with van der Waals surface area (Å²) in [5, 5.41) is 69.4. The van der Waals surface area contributed by atoms with Crippen LogP contribution < -0.4 is 4.74 Å². The van der Waals surface area contributed by atoms with Crippen LogP contribution in [0.25, 0.3) is 60.3 Å². The van der Waals surface area contributed by atoms with Gasteiger partial charge in [0, 0.05) is 132 Å². The number of nitrogens with zero attached hydrogens (tertiary/aromatic N) is 2. The van der Waals surface area contributed by atoms with Crippen molar-refractivity contribution in [2.75, 3.05) is 0 Å². The summed E-state index contributed by atoms with van der Waals surface area (Å²) in [5.41, 5.74) is 11.6. The lowest BCUT2D eigenvalue weighted by Gasteiger charge is -2.10. The maximum absolute atomic E-state index is 14.5. The average Bonchev–Trinajstić information content (AvgIpc) is 1.68. The fourth-order valence-corrected chi connectivity index (χ4v) is 21.1. The molecule has 0 radical (unpaired) electrons. The molecule has 0 amide bonds. The lowest BCUT2D eigenvalue weighted by Crippen LogP contribution is -2.21. The summed E-state index contributed by atoms with van der Waals surface area (Å²) < 4.78 is 31.3. The Labute approximate surface area is 873 Å². The highest BCUT2D eigenvalue weighted by molar-refractivity contribution is 9.10. The molecule has 16 aromatic rings. The molecule has 143 heavy (non-hydrogen) atoms. The number of ether oxygens (including phenoxy) is 2. The van der Waals surface area contributed by atoms with E-state index in [0.717, 1.165) is 66.8 Å². The molecular formula is C110H81BrCl5FN2O19S5. The first-order valence-corrected chi connectivity index (χ1v) is 50.6. The molecule has 6 heterocycles. The van der Waals surface area contributed by atoms with Crippen molar-refractivity contribution >= 4 is 212 Å². The van der Waals surface area contributed by atoms with Gasteiger partial charge in [0.05, 0.1) is 41.3 Å². The number of halogens is 7. The Balaban J connectivity index is 0.000000160. The predicted molar refractivity (Wildman–Crippen MR) is 562 cm³/mol. The number of ketones is 4. The van der Waals surface area contributed by atoms with E-state index >= 15 is 0 Å². The van der Waals surface area contributed by atoms with Crippen LogP contribution in [-0.2, 0) is 99.5 Å². The number of carbonyl (C=O) groups excluding carboxylic acids is 6. The molecule has 0 spiro atoms. The zero-order chi connectivity index (χ0) is 103. The van der Waals surface area contributed by atoms with Crippen molar-refractivity contribution in [1.29, 1.82) is 5.26 Å². The first kappa shape index (κ1) is 108. The number of esters is 2. The predicted octanol–water partition coefficient (Wildman–Crippen LogP) is 28.6. The molecule has 6 aromatic heterocycles. The van der Waals surface area contributed by atoms with Gasteiger partial charge >= 0.3 is 41.8 Å². The van der Waals surface area contributed by atoms with Gasteiger partial charge < -0.3 is 39.4 Å². The summed E-state index contributed by atoms with van der Waals surface area (Å²) in [7, 11) is 0. The molecule has 1 unspecified atom stereocenters. The summed E-state index contributed by atoms with van der Waals surface area (Å²) >= 11 is 39.2. The van der Waals surface area contributed by atoms with Crippen molar-refractivity contribution in [1.82, 2.24) is 0 Å². The van der Waals surface area contributed by atoms with Gasteiger partial charge in [-0.2, -0.15) is 5.26 Å². The molecule has 5 N–H and O–H groups in total. The van der Waals surface area contributed by atoms with Gasteiger partial charge in [0.2, 0.25) is 5.76 Å². The number of carbonyl (C=O) groups is 11. The molecule has 0 saturated carbocycles. The number of benzene rings is 10. The monoisotopic (exact) mass is 2170 g/mol. The van der Waals surface area contributed by atoms with Crippen LogP contribution in [0.3, 0.4) is 0 Å². The van der Waals surface area contributed by atoms with E-state index in [1.165, 1.54) is 51.0 Å². The standard InChI is InChI=1S/C23H16O7S.C22H19BrO3S.C22H15Cl2NO3S.C22H16ClNO3S.C21H15Cl2FO3S/c24-20(28-12-14-6-2-1-3-7-14)11-19-21(22(25)26)18(13-31-19)30-23(27)17-10-15-8-4-5-9-16(15)29-17;1-2-14-4-3-5-15(10-14)11-18(24)12-20-21(22(25)26)19(13-27-20)16-6-8-17(23)9-7-16;23-16-7-5-13(6-8-16)17-12-29-20(21(17)22(27)28)10-19(26)15(11-25)9-14-3-1-2-4-18(14)24;1-24-19-5-3-2-4-15(19)8-11-17(25)12-20-21(22(26)27)18(13-28-20)14-6-9-16(23)10-7-14;22-14-7-5-12(6-8-14)15-11-28-19(20(15)21(26)27)10-18(25)17(24)9-13-3-1-2-4-16(13)23/h1-10,13H,11-12H2,(H,25,26);3-10,13H,2,11-12H2,1H3,(H,25,26);1-8,12,15H,9-10H2,(H,27,28);2-7,9-10,13H,8,11-12H2,(H,26,27);1-8,11,17H,9-10H2,(H,26,27)/t;;;;17-/m....1/s1. The maximum Gasteiger partial charge on any atom is 0.379 e. The second-order valence-corrected chi connectivity index (χ2v) is 39.5. The molecule has 0 aliphatic heterocycles. The number of furan rings is 1. The molecule has 0 aliphatic carbocycles. The van der Waals surface area contributed by atoms with Crippen LogP contribution in [0.5, 0.6) is 5.75 Å². The number of Topliss-reactive ketones (excluding diaryl/α,β-unsaturated/α-hetero) is 4. The minimum atomic E-state index is -1.76. The van der Waals surface area contributed by atoms with Crippen LogP contribution in [0.1, 0.15) is 133 Å². The first-order valence-electron chi connectivity index (χ1n) is 43.5. The van der Waals surface area contributed by atoms with Gasteiger partial charge in [0.1, 0.15) is 35.2 Å². The summed E-state index contributed by atoms with van der Waals surface area (Å²) in [6.07, 6.45) is -0.194. The summed E-state index contributed by atoms with van der Waals surface area (Å²) in [4.78, 5) is 140. The van der Waals surface area contributed by atoms with Crippen LogP contribution in [0, 0.1) is 23.8 Å². The van der Waals surface area contributed by atoms with Crippen molar-refractivity contribution in [3.05, 3.63) is 414 Å². The van der Waals surface area contributed by atoms with Crippen LogP contribution in [-0.4, -0.2) is 96.6 Å². The lowest BCUT2D eigenvalue weighted by molar-refractivity contribution is -0.144. The number of aromatic carboxylic acids is 5. The largest absolute Gasteiger partial charge is 0.478 e. The fourth-order valence-electron chi connectivity index (χ4n) is 14.8. The highest BCUT2D eigenvalue weighted by Crippen LogP contribution is 2.40. The van der Waals surface area contributed by atoms with E-state index in [2.05, 4.69) is 27.7 Å². The number of carboxylic acid groups (broad SMARTS) is 5. The highest BCUT2D eigenvalue weighted by Gasteiger charge is 2.32. The smallest absolute Gasteiger partial charge is 0.379 e. The Morgan fingerprint density at radius 2 is 0.853 bits per heavy atom. The molecule has 33 heteroatoms. The number of hydrogen-bond donors (Lipinski definition) is 5. The minimum Gasteiger partial charge on any atom is -0.478 e. The van der Waals surface area contributed by atoms with E-state index in [1.807, 2.05) is 102 Å². The van der Waals surface area contributed by atoms with Crippen molar-refractivity contribution in [2.45, 2.75) is 90.3 Å². The molecule has 16 rings (SSSR count). The summed E-state index contributed by atoms with van der Waals surface area (Å²) in [6.45, 7) is 9.35. The molecule has 0 bridgehead atoms. The minimum absolute atomic E-state index is 0.0191. The van der Waals surface area contributed by atoms with Crippen molar-refractivity contribution in [3.63, 3.8) is 0 Å². The highest BCUT2D eigenvalue weighted by atomic mass is 79.9. The molecule has 0 aliphatic rings. The molecule has 0 saturated heterocycles. The van der Waals surface area contributed by atoms with Crippen LogP contribution in [0.2, 0.25) is 25.1 Å². The van der Waals surface area contributed by atoms with Gasteiger partial charge in [-0.1, -0.05) is 263 Å². The fraction of sp³-hybridized carbons (Fsp3) is 0.136. The number of nitriles is 1. The van der Waals surface area contributed by atoms with Crippen LogP contribution >= 0.6 is 131 Å². The summed E-state index contributed by atoms with van der Waals surface area (Å²) in [6, 6.07) is 76.7. The zero-order valence-electron chi connectivity index (χ0n) is 75.3. The molecule has 10 aromatic carbocycles. The summed E-state index contributed by atoms with van der Waals surface area (Å²) in [5.74, 6) is -9.16. The van der Waals surface area contributed by atoms with Gasteiger partial charge in [0.15, 0.2) is 29.2 Å². The molecular weight excluding hydrogens is 2090 g/mol. The molecule has 2 atom stereocenters. The number of thiophene rings is 5. The van der Waals surface area contributed by atoms with Gasteiger partial charge in [-0.25, -0.2) is 38.0 Å². The lowest BCUT2D eigenvalue weighted by atomic mass is 9.93. The number of aryl methyl sites for hydroxylation is 2. The maximum atomic E-state index is 14.5. The Morgan fingerprint density at radius 3 is 1.33 bits per heavy atom. The van der Waals surface area contributed by atoms with Gasteiger partial charge in [-0.15, -0.1) is 56.7 Å². The van der Waals surface area contributed by atoms with E-state index in [1.54, 1.807) is 174 Å². The number of para-hydroxylation sites is 2. The van der Waals surface area contributed by atoms with E-state index < -0.39 is 59.7 Å². The second-order valence-electron chi connectivity index (χ2n) is 31.7. The Morgan fingerprint density at radius 1 is 0.441 bits per heavy atom. The van der Waals surface area contributed by atoms with E-state index in [4.69, 9.17) is 78.5 Å². The topological polar surface area (TPSA) is 349 Å². The van der Waals surface area contributed by atoms with Crippen molar-refractivity contribution in [2.24, 2.45) is 5.92 Å². The molecule has 724 valence electrons. The molecule has 0 fully saturated rings. The first-order chi connectivity index (χ1) is 68.7. The number of fused-ring (bicyclic) bond motifs is 1. The van der Waals surface area contributed by atoms with E-state index in [-0.39, 0.29) is 120 Å². The Kier molecular flexibility index (Phi) is 39.4. The quantitative estimate of drug-likeness (QED) is 0.0182. The van der Waals surface area contributed by atoms with Crippen molar-refractivity contribution in [3.8, 4) is 56.3 Å². The number of hydrogen-bond acceptors (Lipinski definition) is 20. The second kappa shape index (κ2) is 52.2.